The molecule has 1 aliphatic heterocycles. The molecule has 0 saturated carbocycles. The maximum Gasteiger partial charge on any atom is 0.348 e. The maximum absolute atomic E-state index is 11.5. The third kappa shape index (κ3) is 3.86. The number of nitriles is 2. The van der Waals surface area contributed by atoms with Crippen LogP contribution in [0.4, 0.5) is 0 Å². The molecule has 0 aromatic carbocycles. The van der Waals surface area contributed by atoms with Crippen molar-refractivity contribution in [2.45, 2.75) is 13.8 Å². The topological polar surface area (TPSA) is 85.9 Å². The van der Waals surface area contributed by atoms with Crippen LogP contribution in [0.2, 0.25) is 0 Å². The fourth-order valence-electron chi connectivity index (χ4n) is 1.40. The van der Waals surface area contributed by atoms with Crippen LogP contribution in [0.15, 0.2) is 46.8 Å². The Hall–Kier alpha value is -2.79. The molecular weight excluding hydrogens is 242 g/mol. The summed E-state index contributed by atoms with van der Waals surface area (Å²) >= 11 is 0. The van der Waals surface area contributed by atoms with E-state index in [1.807, 2.05) is 19.1 Å². The Balaban J connectivity index is 3.12. The van der Waals surface area contributed by atoms with Crippen molar-refractivity contribution in [3.63, 3.8) is 0 Å². The zero-order valence-electron chi connectivity index (χ0n) is 10.7. The fraction of sp³-hybridized carbons (Fsp3) is 0.214. The normalized spacial score (nSPS) is 16.6. The Morgan fingerprint density at radius 1 is 1.47 bits per heavy atom. The average molecular weight is 255 g/mol. The summed E-state index contributed by atoms with van der Waals surface area (Å²) in [6.07, 6.45) is 6.55. The predicted molar refractivity (Wildman–Crippen MR) is 69.0 cm³/mol. The van der Waals surface area contributed by atoms with E-state index in [1.165, 1.54) is 6.08 Å². The molecule has 5 heteroatoms. The largest absolute Gasteiger partial charge is 0.462 e. The van der Waals surface area contributed by atoms with Crippen LogP contribution >= 0.6 is 0 Å². The summed E-state index contributed by atoms with van der Waals surface area (Å²) in [5.41, 5.74) is 1.41. The van der Waals surface area contributed by atoms with Gasteiger partial charge in [-0.1, -0.05) is 6.08 Å². The standard InChI is InChI=1S/C14H13N3O2/c1-3-19-14(18)12(9-16)7-11(8-15)13-6-4-5-10(2)17-13/h4-7,17H,3H2,1-2H3/b12-7+,13-11+. The number of carbonyl (C=O) groups is 1. The number of nitrogens with zero attached hydrogens (tertiary/aromatic N) is 2. The third-order valence-electron chi connectivity index (χ3n) is 2.26. The Morgan fingerprint density at radius 3 is 2.74 bits per heavy atom. The Kier molecular flexibility index (Phi) is 5.13. The van der Waals surface area contributed by atoms with E-state index >= 15 is 0 Å². The van der Waals surface area contributed by atoms with Crippen LogP contribution in [-0.4, -0.2) is 12.6 Å². The van der Waals surface area contributed by atoms with Crippen molar-refractivity contribution in [3.8, 4) is 12.1 Å². The van der Waals surface area contributed by atoms with Gasteiger partial charge in [0.1, 0.15) is 17.7 Å². The van der Waals surface area contributed by atoms with E-state index in [0.29, 0.717) is 5.70 Å². The quantitative estimate of drug-likeness (QED) is 0.472. The molecule has 0 radical (unpaired) electrons. The van der Waals surface area contributed by atoms with Crippen molar-refractivity contribution in [3.05, 3.63) is 46.8 Å². The summed E-state index contributed by atoms with van der Waals surface area (Å²) in [6.45, 7) is 3.67. The van der Waals surface area contributed by atoms with Crippen LogP contribution in [0.3, 0.4) is 0 Å². The molecule has 0 fully saturated rings. The van der Waals surface area contributed by atoms with E-state index in [9.17, 15) is 4.79 Å². The first-order valence-corrected chi connectivity index (χ1v) is 5.67. The van der Waals surface area contributed by atoms with Crippen molar-refractivity contribution in [2.75, 3.05) is 6.61 Å². The van der Waals surface area contributed by atoms with Gasteiger partial charge >= 0.3 is 5.97 Å². The maximum atomic E-state index is 11.5. The lowest BCUT2D eigenvalue weighted by atomic mass is 10.1. The van der Waals surface area contributed by atoms with Gasteiger partial charge in [0.25, 0.3) is 0 Å². The van der Waals surface area contributed by atoms with Crippen molar-refractivity contribution in [1.82, 2.24) is 5.32 Å². The van der Waals surface area contributed by atoms with Gasteiger partial charge in [0.2, 0.25) is 0 Å². The molecule has 1 aliphatic rings. The first-order valence-electron chi connectivity index (χ1n) is 5.67. The van der Waals surface area contributed by atoms with Crippen molar-refractivity contribution < 1.29 is 9.53 Å². The summed E-state index contributed by atoms with van der Waals surface area (Å²) in [7, 11) is 0. The first-order chi connectivity index (χ1) is 9.12. The number of hydrogen-bond acceptors (Lipinski definition) is 5. The van der Waals surface area contributed by atoms with E-state index < -0.39 is 5.97 Å². The molecule has 19 heavy (non-hydrogen) atoms. The Bertz CT molecular complexity index is 581. The van der Waals surface area contributed by atoms with Gasteiger partial charge in [0.15, 0.2) is 0 Å². The molecule has 0 saturated heterocycles. The van der Waals surface area contributed by atoms with Gasteiger partial charge in [-0.25, -0.2) is 4.79 Å². The van der Waals surface area contributed by atoms with Crippen LogP contribution in [0.5, 0.6) is 0 Å². The number of nitrogens with one attached hydrogen (secondary N) is 1. The monoisotopic (exact) mass is 255 g/mol. The summed E-state index contributed by atoms with van der Waals surface area (Å²) in [4.78, 5) is 11.5. The summed E-state index contributed by atoms with van der Waals surface area (Å²) in [5, 5.41) is 21.0. The van der Waals surface area contributed by atoms with Crippen molar-refractivity contribution in [2.24, 2.45) is 0 Å². The molecule has 5 nitrogen and oxygen atoms in total. The van der Waals surface area contributed by atoms with E-state index in [4.69, 9.17) is 15.3 Å². The minimum atomic E-state index is -0.731. The number of esters is 1. The minimum Gasteiger partial charge on any atom is -0.462 e. The molecular formula is C14H13N3O2. The molecule has 0 atom stereocenters. The summed E-state index contributed by atoms with van der Waals surface area (Å²) in [5.74, 6) is -0.731. The Labute approximate surface area is 111 Å². The Morgan fingerprint density at radius 2 is 2.21 bits per heavy atom. The second kappa shape index (κ2) is 6.83. The lowest BCUT2D eigenvalue weighted by molar-refractivity contribution is -0.138. The van der Waals surface area contributed by atoms with Gasteiger partial charge in [-0.15, -0.1) is 0 Å². The molecule has 1 N–H and O–H groups in total. The second-order valence-electron chi connectivity index (χ2n) is 3.66. The summed E-state index contributed by atoms with van der Waals surface area (Å²) in [6, 6.07) is 3.69. The average Bonchev–Trinajstić information content (AvgIpc) is 2.40. The summed E-state index contributed by atoms with van der Waals surface area (Å²) < 4.78 is 4.74. The van der Waals surface area contributed by atoms with Gasteiger partial charge in [0.05, 0.1) is 17.9 Å². The number of rotatable bonds is 3. The van der Waals surface area contributed by atoms with Gasteiger partial charge in [-0.05, 0) is 32.1 Å². The molecule has 0 amide bonds. The third-order valence-corrected chi connectivity index (χ3v) is 2.26. The van der Waals surface area contributed by atoms with Gasteiger partial charge in [0, 0.05) is 5.70 Å². The molecule has 0 bridgehead atoms. The van der Waals surface area contributed by atoms with Crippen molar-refractivity contribution >= 4 is 5.97 Å². The lowest BCUT2D eigenvalue weighted by Crippen LogP contribution is -2.14. The molecule has 0 spiro atoms. The second-order valence-corrected chi connectivity index (χ2v) is 3.66. The molecule has 0 aromatic heterocycles. The van der Waals surface area contributed by atoms with Gasteiger partial charge in [-0.3, -0.25) is 0 Å². The molecule has 1 rings (SSSR count). The van der Waals surface area contributed by atoms with Crippen LogP contribution in [0.25, 0.3) is 0 Å². The predicted octanol–water partition coefficient (Wildman–Crippen LogP) is 1.84. The highest BCUT2D eigenvalue weighted by Gasteiger charge is 2.12. The zero-order chi connectivity index (χ0) is 14.3. The number of carbonyl (C=O) groups excluding carboxylic acids is 1. The number of ether oxygens (including phenoxy) is 1. The zero-order valence-corrected chi connectivity index (χ0v) is 10.7. The molecule has 0 unspecified atom stereocenters. The first kappa shape index (κ1) is 14.3. The molecule has 96 valence electrons. The van der Waals surface area contributed by atoms with Crippen LogP contribution in [-0.2, 0) is 9.53 Å². The molecule has 0 aliphatic carbocycles. The van der Waals surface area contributed by atoms with Crippen molar-refractivity contribution in [1.29, 1.82) is 10.5 Å². The number of hydrogen-bond donors (Lipinski definition) is 1. The van der Waals surface area contributed by atoms with Gasteiger partial charge < -0.3 is 10.1 Å². The SMILES string of the molecule is CCOC(=O)/C(C#N)=C/C(C#N)=C1/C=CC=C(C)N1. The number of allylic oxidation sites excluding steroid dienone is 6. The minimum absolute atomic E-state index is 0.177. The van der Waals surface area contributed by atoms with Crippen LogP contribution in [0.1, 0.15) is 13.8 Å². The highest BCUT2D eigenvalue weighted by molar-refractivity contribution is 5.93. The number of dihydropyridines is 1. The van der Waals surface area contributed by atoms with E-state index in [0.717, 1.165) is 5.70 Å². The fourth-order valence-corrected chi connectivity index (χ4v) is 1.40. The smallest absolute Gasteiger partial charge is 0.348 e. The lowest BCUT2D eigenvalue weighted by Gasteiger charge is -2.11. The van der Waals surface area contributed by atoms with Crippen LogP contribution in [0, 0.1) is 22.7 Å². The molecule has 0 aromatic rings. The van der Waals surface area contributed by atoms with Crippen LogP contribution < -0.4 is 5.32 Å². The van der Waals surface area contributed by atoms with E-state index in [-0.39, 0.29) is 17.8 Å². The highest BCUT2D eigenvalue weighted by atomic mass is 16.5. The molecule has 1 heterocycles. The van der Waals surface area contributed by atoms with Gasteiger partial charge in [-0.2, -0.15) is 10.5 Å². The van der Waals surface area contributed by atoms with E-state index in [1.54, 1.807) is 25.1 Å². The van der Waals surface area contributed by atoms with E-state index in [2.05, 4.69) is 5.32 Å². The highest BCUT2D eigenvalue weighted by Crippen LogP contribution is 2.13.